The van der Waals surface area contributed by atoms with Gasteiger partial charge in [-0.1, -0.05) is 18.2 Å². The van der Waals surface area contributed by atoms with Crippen LogP contribution in [0, 0.1) is 5.82 Å². The van der Waals surface area contributed by atoms with Gasteiger partial charge in [0.25, 0.3) is 0 Å². The number of hydrogen-bond donors (Lipinski definition) is 3. The fraction of sp³-hybridized carbons (Fsp3) is 0.353. The van der Waals surface area contributed by atoms with Crippen LogP contribution < -0.4 is 5.73 Å². The van der Waals surface area contributed by atoms with E-state index in [4.69, 9.17) is 10.5 Å². The van der Waals surface area contributed by atoms with Crippen LogP contribution >= 0.6 is 0 Å². The van der Waals surface area contributed by atoms with Crippen molar-refractivity contribution in [3.8, 4) is 0 Å². The Kier molecular flexibility index (Phi) is 4.27. The Hall–Kier alpha value is -2.62. The minimum atomic E-state index is -1.17. The van der Waals surface area contributed by atoms with E-state index in [9.17, 15) is 14.6 Å². The monoisotopic (exact) mass is 359 g/mol. The van der Waals surface area contributed by atoms with Crippen molar-refractivity contribution < 1.29 is 19.3 Å². The summed E-state index contributed by atoms with van der Waals surface area (Å²) in [6, 6.07) is 6.45. The molecule has 8 nitrogen and oxygen atoms in total. The van der Waals surface area contributed by atoms with Crippen molar-refractivity contribution in [3.05, 3.63) is 48.3 Å². The van der Waals surface area contributed by atoms with Crippen molar-refractivity contribution >= 4 is 17.0 Å². The normalized spacial score (nSPS) is 25.8. The van der Waals surface area contributed by atoms with Crippen molar-refractivity contribution in [2.24, 2.45) is 0 Å². The molecule has 0 saturated carbocycles. The first-order valence-corrected chi connectivity index (χ1v) is 8.24. The average Bonchev–Trinajstić information content (AvgIpc) is 3.18. The molecule has 4 rings (SSSR count). The third-order valence-corrected chi connectivity index (χ3v) is 4.65. The molecule has 1 saturated heterocycles. The van der Waals surface area contributed by atoms with E-state index in [1.165, 1.54) is 23.3 Å². The van der Waals surface area contributed by atoms with Crippen LogP contribution in [0.4, 0.5) is 10.2 Å². The number of halogens is 1. The first-order valence-electron chi connectivity index (χ1n) is 8.24. The Labute approximate surface area is 148 Å². The second-order valence-corrected chi connectivity index (χ2v) is 6.26. The Morgan fingerprint density at radius 2 is 1.96 bits per heavy atom. The second kappa shape index (κ2) is 6.60. The number of hydrogen-bond acceptors (Lipinski definition) is 7. The number of fused-ring (bicyclic) bond motifs is 1. The molecule has 3 aromatic rings. The van der Waals surface area contributed by atoms with Gasteiger partial charge in [-0.2, -0.15) is 0 Å². The first-order chi connectivity index (χ1) is 12.6. The van der Waals surface area contributed by atoms with E-state index in [0.717, 1.165) is 0 Å². The van der Waals surface area contributed by atoms with Gasteiger partial charge in [-0.25, -0.2) is 19.3 Å². The molecule has 0 spiro atoms. The molecule has 0 unspecified atom stereocenters. The van der Waals surface area contributed by atoms with Crippen molar-refractivity contribution in [1.29, 1.82) is 0 Å². The molecule has 0 bridgehead atoms. The molecule has 1 fully saturated rings. The highest BCUT2D eigenvalue weighted by molar-refractivity contribution is 5.81. The van der Waals surface area contributed by atoms with Crippen LogP contribution in [0.1, 0.15) is 18.2 Å². The summed E-state index contributed by atoms with van der Waals surface area (Å²) in [5.41, 5.74) is 7.11. The van der Waals surface area contributed by atoms with Crippen molar-refractivity contribution in [2.75, 3.05) is 5.73 Å². The molecule has 1 aliphatic heterocycles. The zero-order valence-corrected chi connectivity index (χ0v) is 13.7. The van der Waals surface area contributed by atoms with Gasteiger partial charge in [0.15, 0.2) is 17.7 Å². The number of nitrogen functional groups attached to an aromatic ring is 1. The third-order valence-electron chi connectivity index (χ3n) is 4.65. The van der Waals surface area contributed by atoms with E-state index in [1.54, 1.807) is 18.2 Å². The van der Waals surface area contributed by atoms with Gasteiger partial charge in [-0.05, 0) is 24.5 Å². The maximum atomic E-state index is 13.8. The quantitative estimate of drug-likeness (QED) is 0.630. The Morgan fingerprint density at radius 3 is 2.77 bits per heavy atom. The molecule has 4 atom stereocenters. The largest absolute Gasteiger partial charge is 0.388 e. The van der Waals surface area contributed by atoms with Crippen LogP contribution in [0.2, 0.25) is 0 Å². The molecular formula is C17H18FN5O3. The lowest BCUT2D eigenvalue weighted by atomic mass is 10.0. The number of aliphatic hydroxyl groups is 2. The summed E-state index contributed by atoms with van der Waals surface area (Å²) < 4.78 is 21.1. The lowest BCUT2D eigenvalue weighted by Crippen LogP contribution is -2.31. The molecular weight excluding hydrogens is 341 g/mol. The predicted octanol–water partition coefficient (Wildman–Crippen LogP) is 0.800. The number of rotatable bonds is 4. The highest BCUT2D eigenvalue weighted by atomic mass is 19.1. The molecule has 3 heterocycles. The maximum Gasteiger partial charge on any atom is 0.167 e. The number of aliphatic hydroxyl groups excluding tert-OH is 2. The molecule has 0 amide bonds. The zero-order valence-electron chi connectivity index (χ0n) is 13.7. The molecule has 0 aliphatic carbocycles. The van der Waals surface area contributed by atoms with E-state index >= 15 is 0 Å². The van der Waals surface area contributed by atoms with Gasteiger partial charge in [0.2, 0.25) is 0 Å². The number of aryl methyl sites for hydroxylation is 1. The molecule has 0 radical (unpaired) electrons. The smallest absolute Gasteiger partial charge is 0.167 e. The number of benzene rings is 1. The van der Waals surface area contributed by atoms with Crippen molar-refractivity contribution in [3.63, 3.8) is 0 Å². The maximum absolute atomic E-state index is 13.8. The Balaban J connectivity index is 1.54. The number of nitrogens with two attached hydrogens (primary N) is 1. The summed E-state index contributed by atoms with van der Waals surface area (Å²) in [4.78, 5) is 12.1. The van der Waals surface area contributed by atoms with Gasteiger partial charge in [0.05, 0.1) is 12.4 Å². The third kappa shape index (κ3) is 2.79. The highest BCUT2D eigenvalue weighted by Gasteiger charge is 2.44. The summed E-state index contributed by atoms with van der Waals surface area (Å²) in [6.07, 6.45) is -0.315. The van der Waals surface area contributed by atoms with Crippen LogP contribution in [0.5, 0.6) is 0 Å². The van der Waals surface area contributed by atoms with E-state index in [2.05, 4.69) is 15.0 Å². The van der Waals surface area contributed by atoms with Crippen LogP contribution in [0.15, 0.2) is 36.9 Å². The summed E-state index contributed by atoms with van der Waals surface area (Å²) in [6.45, 7) is 0. The first kappa shape index (κ1) is 16.8. The minimum Gasteiger partial charge on any atom is -0.388 e. The number of imidazole rings is 1. The van der Waals surface area contributed by atoms with Crippen molar-refractivity contribution in [1.82, 2.24) is 19.5 Å². The van der Waals surface area contributed by atoms with Crippen LogP contribution in [0.25, 0.3) is 11.2 Å². The number of ether oxygens (including phenoxy) is 1. The molecule has 9 heteroatoms. The van der Waals surface area contributed by atoms with E-state index in [0.29, 0.717) is 29.6 Å². The summed E-state index contributed by atoms with van der Waals surface area (Å²) in [5.74, 6) is -0.0808. The van der Waals surface area contributed by atoms with Gasteiger partial charge >= 0.3 is 0 Å². The SMILES string of the molecule is Nc1ncnc2c1ncn2[C@@H]1O[C@H](CCc2ccccc2F)[C@@H](O)[C@H]1O. The van der Waals surface area contributed by atoms with Gasteiger partial charge in [0, 0.05) is 0 Å². The fourth-order valence-electron chi connectivity index (χ4n) is 3.25. The van der Waals surface area contributed by atoms with Crippen LogP contribution in [-0.4, -0.2) is 48.0 Å². The predicted molar refractivity (Wildman–Crippen MR) is 90.4 cm³/mol. The van der Waals surface area contributed by atoms with Gasteiger partial charge in [-0.3, -0.25) is 4.57 Å². The lowest BCUT2D eigenvalue weighted by molar-refractivity contribution is -0.0368. The molecule has 26 heavy (non-hydrogen) atoms. The second-order valence-electron chi connectivity index (χ2n) is 6.26. The molecule has 1 aromatic carbocycles. The Bertz CT molecular complexity index is 934. The topological polar surface area (TPSA) is 119 Å². The minimum absolute atomic E-state index is 0.220. The number of aromatic nitrogens is 4. The van der Waals surface area contributed by atoms with E-state index < -0.39 is 24.5 Å². The number of nitrogens with zero attached hydrogens (tertiary/aromatic N) is 4. The summed E-state index contributed by atoms with van der Waals surface area (Å²) in [5, 5.41) is 20.7. The van der Waals surface area contributed by atoms with Crippen LogP contribution in [-0.2, 0) is 11.2 Å². The fourth-order valence-corrected chi connectivity index (χ4v) is 3.25. The molecule has 136 valence electrons. The van der Waals surface area contributed by atoms with Crippen LogP contribution in [0.3, 0.4) is 0 Å². The van der Waals surface area contributed by atoms with Gasteiger partial charge in [0.1, 0.15) is 29.9 Å². The summed E-state index contributed by atoms with van der Waals surface area (Å²) in [7, 11) is 0. The molecule has 1 aliphatic rings. The average molecular weight is 359 g/mol. The zero-order chi connectivity index (χ0) is 18.3. The molecule has 4 N–H and O–H groups in total. The van der Waals surface area contributed by atoms with Gasteiger partial charge in [-0.15, -0.1) is 0 Å². The standard InChI is InChI=1S/C17H18FN5O3/c18-10-4-2-1-3-9(10)5-6-11-13(24)14(25)17(26-11)23-8-22-12-15(19)20-7-21-16(12)23/h1-4,7-8,11,13-14,17,24-25H,5-6H2,(H2,19,20,21)/t11-,13-,14-,17-/m1/s1. The molecule has 2 aromatic heterocycles. The van der Waals surface area contributed by atoms with Gasteiger partial charge < -0.3 is 20.7 Å². The van der Waals surface area contributed by atoms with E-state index in [1.807, 2.05) is 0 Å². The summed E-state index contributed by atoms with van der Waals surface area (Å²) >= 11 is 0. The Morgan fingerprint density at radius 1 is 1.15 bits per heavy atom. The van der Waals surface area contributed by atoms with E-state index in [-0.39, 0.29) is 11.6 Å². The van der Waals surface area contributed by atoms with Crippen molar-refractivity contribution in [2.45, 2.75) is 37.4 Å². The lowest BCUT2D eigenvalue weighted by Gasteiger charge is -2.16. The highest BCUT2D eigenvalue weighted by Crippen LogP contribution is 2.33. The number of anilines is 1.